The summed E-state index contributed by atoms with van der Waals surface area (Å²) >= 11 is 4.82. The minimum atomic E-state index is 0.0514. The van der Waals surface area contributed by atoms with Crippen LogP contribution in [0.4, 0.5) is 0 Å². The molecule has 0 radical (unpaired) electrons. The molecule has 0 bridgehead atoms. The third-order valence-corrected chi connectivity index (χ3v) is 4.00. The summed E-state index contributed by atoms with van der Waals surface area (Å²) in [4.78, 5) is 17.2. The van der Waals surface area contributed by atoms with Gasteiger partial charge in [-0.15, -0.1) is 11.3 Å². The molecule has 16 heavy (non-hydrogen) atoms. The van der Waals surface area contributed by atoms with Crippen molar-refractivity contribution < 1.29 is 4.79 Å². The second-order valence-corrected chi connectivity index (χ2v) is 5.34. The minimum absolute atomic E-state index is 0.0514. The van der Waals surface area contributed by atoms with E-state index in [4.69, 9.17) is 0 Å². The van der Waals surface area contributed by atoms with Gasteiger partial charge in [0.05, 0.1) is 4.88 Å². The molecule has 2 aromatic heterocycles. The van der Waals surface area contributed by atoms with E-state index in [0.717, 1.165) is 20.7 Å². The van der Waals surface area contributed by atoms with Gasteiger partial charge in [-0.05, 0) is 53.4 Å². The molecule has 0 aromatic carbocycles. The predicted molar refractivity (Wildman–Crippen MR) is 69.2 cm³/mol. The number of thiophene rings is 1. The van der Waals surface area contributed by atoms with Crippen LogP contribution < -0.4 is 0 Å². The first-order valence-corrected chi connectivity index (χ1v) is 6.48. The van der Waals surface area contributed by atoms with Crippen molar-refractivity contribution in [3.05, 3.63) is 49.9 Å². The molecular weight excluding hydrogens is 286 g/mol. The Balaban J connectivity index is 2.45. The quantitative estimate of drug-likeness (QED) is 0.790. The molecule has 0 unspecified atom stereocenters. The van der Waals surface area contributed by atoms with Crippen LogP contribution >= 0.6 is 27.3 Å². The molecule has 2 heterocycles. The molecule has 0 fully saturated rings. The number of rotatable bonds is 2. The number of aryl methyl sites for hydroxylation is 2. The van der Waals surface area contributed by atoms with Gasteiger partial charge in [-0.1, -0.05) is 0 Å². The number of pyridine rings is 1. The van der Waals surface area contributed by atoms with Gasteiger partial charge in [-0.3, -0.25) is 9.78 Å². The first kappa shape index (κ1) is 11.5. The number of ketones is 1. The molecule has 4 heteroatoms. The summed E-state index contributed by atoms with van der Waals surface area (Å²) in [6.45, 7) is 3.79. The van der Waals surface area contributed by atoms with Crippen molar-refractivity contribution in [2.75, 3.05) is 0 Å². The highest BCUT2D eigenvalue weighted by atomic mass is 79.9. The van der Waals surface area contributed by atoms with Crippen LogP contribution in [0.5, 0.6) is 0 Å². The van der Waals surface area contributed by atoms with Gasteiger partial charge in [0.25, 0.3) is 0 Å². The third-order valence-electron chi connectivity index (χ3n) is 2.17. The maximum atomic E-state index is 12.2. The van der Waals surface area contributed by atoms with Gasteiger partial charge >= 0.3 is 0 Å². The van der Waals surface area contributed by atoms with E-state index in [9.17, 15) is 4.79 Å². The van der Waals surface area contributed by atoms with Gasteiger partial charge in [0.1, 0.15) is 0 Å². The normalized spacial score (nSPS) is 10.4. The zero-order valence-corrected chi connectivity index (χ0v) is 11.4. The van der Waals surface area contributed by atoms with Crippen molar-refractivity contribution in [2.24, 2.45) is 0 Å². The number of aromatic nitrogens is 1. The zero-order valence-electron chi connectivity index (χ0n) is 8.95. The van der Waals surface area contributed by atoms with Crippen LogP contribution in [0.25, 0.3) is 0 Å². The zero-order chi connectivity index (χ0) is 11.7. The standard InChI is InChI=1S/C12H10BrNOS/c1-7-5-9(6-8(2)14-7)11(15)12-10(13)3-4-16-12/h3-6H,1-2H3. The number of halogens is 1. The summed E-state index contributed by atoms with van der Waals surface area (Å²) in [6, 6.07) is 5.53. The Hall–Kier alpha value is -1.00. The monoisotopic (exact) mass is 295 g/mol. The molecule has 2 nitrogen and oxygen atoms in total. The van der Waals surface area contributed by atoms with Gasteiger partial charge in [0, 0.05) is 21.4 Å². The molecule has 0 N–H and O–H groups in total. The lowest BCUT2D eigenvalue weighted by atomic mass is 10.1. The number of carbonyl (C=O) groups excluding carboxylic acids is 1. The second-order valence-electron chi connectivity index (χ2n) is 3.57. The van der Waals surface area contributed by atoms with Gasteiger partial charge in [0.15, 0.2) is 0 Å². The summed E-state index contributed by atoms with van der Waals surface area (Å²) in [5.74, 6) is 0.0514. The minimum Gasteiger partial charge on any atom is -0.288 e. The summed E-state index contributed by atoms with van der Waals surface area (Å²) in [7, 11) is 0. The molecule has 0 saturated carbocycles. The lowest BCUT2D eigenvalue weighted by Crippen LogP contribution is -2.02. The molecule has 82 valence electrons. The highest BCUT2D eigenvalue weighted by Gasteiger charge is 2.14. The SMILES string of the molecule is Cc1cc(C(=O)c2sccc2Br)cc(C)n1. The maximum Gasteiger partial charge on any atom is 0.204 e. The van der Waals surface area contributed by atoms with Crippen molar-refractivity contribution >= 4 is 33.0 Å². The molecule has 2 aromatic rings. The Morgan fingerprint density at radius 1 is 1.31 bits per heavy atom. The summed E-state index contributed by atoms with van der Waals surface area (Å²) in [5, 5.41) is 1.90. The molecule has 2 rings (SSSR count). The average molecular weight is 296 g/mol. The Labute approximate surface area is 106 Å². The number of hydrogen-bond donors (Lipinski definition) is 0. The van der Waals surface area contributed by atoms with E-state index in [1.165, 1.54) is 11.3 Å². The Kier molecular flexibility index (Phi) is 3.21. The molecule has 0 saturated heterocycles. The number of hydrogen-bond acceptors (Lipinski definition) is 3. The summed E-state index contributed by atoms with van der Waals surface area (Å²) in [6.07, 6.45) is 0. The van der Waals surface area contributed by atoms with E-state index in [2.05, 4.69) is 20.9 Å². The Morgan fingerprint density at radius 3 is 2.44 bits per heavy atom. The van der Waals surface area contributed by atoms with Crippen molar-refractivity contribution in [3.63, 3.8) is 0 Å². The first-order valence-electron chi connectivity index (χ1n) is 4.81. The molecule has 0 aliphatic carbocycles. The van der Waals surface area contributed by atoms with Crippen LogP contribution in [0.1, 0.15) is 26.6 Å². The second kappa shape index (κ2) is 4.47. The van der Waals surface area contributed by atoms with Crippen LogP contribution in [0, 0.1) is 13.8 Å². The van der Waals surface area contributed by atoms with Gasteiger partial charge in [0.2, 0.25) is 5.78 Å². The van der Waals surface area contributed by atoms with Gasteiger partial charge in [-0.25, -0.2) is 0 Å². The average Bonchev–Trinajstić information content (AvgIpc) is 2.62. The van der Waals surface area contributed by atoms with Gasteiger partial charge in [-0.2, -0.15) is 0 Å². The lowest BCUT2D eigenvalue weighted by Gasteiger charge is -2.02. The van der Waals surface area contributed by atoms with E-state index >= 15 is 0 Å². The highest BCUT2D eigenvalue weighted by Crippen LogP contribution is 2.25. The van der Waals surface area contributed by atoms with Crippen molar-refractivity contribution in [3.8, 4) is 0 Å². The predicted octanol–water partition coefficient (Wildman–Crippen LogP) is 3.75. The molecule has 0 aliphatic heterocycles. The van der Waals surface area contributed by atoms with Crippen LogP contribution in [-0.2, 0) is 0 Å². The summed E-state index contributed by atoms with van der Waals surface area (Å²) < 4.78 is 0.856. The van der Waals surface area contributed by atoms with Crippen LogP contribution in [0.2, 0.25) is 0 Å². The summed E-state index contributed by atoms with van der Waals surface area (Å²) in [5.41, 5.74) is 2.44. The molecule has 0 spiro atoms. The third kappa shape index (κ3) is 2.23. The van der Waals surface area contributed by atoms with Crippen LogP contribution in [0.3, 0.4) is 0 Å². The van der Waals surface area contributed by atoms with Crippen molar-refractivity contribution in [1.29, 1.82) is 0 Å². The van der Waals surface area contributed by atoms with Crippen molar-refractivity contribution in [2.45, 2.75) is 13.8 Å². The molecule has 0 amide bonds. The topological polar surface area (TPSA) is 30.0 Å². The van der Waals surface area contributed by atoms with E-state index in [1.807, 2.05) is 37.4 Å². The first-order chi connectivity index (χ1) is 7.58. The van der Waals surface area contributed by atoms with E-state index < -0.39 is 0 Å². The lowest BCUT2D eigenvalue weighted by molar-refractivity contribution is 0.104. The Bertz CT molecular complexity index is 527. The fourth-order valence-electron chi connectivity index (χ4n) is 1.55. The fourth-order valence-corrected chi connectivity index (χ4v) is 3.07. The molecule has 0 atom stereocenters. The Morgan fingerprint density at radius 2 is 1.94 bits per heavy atom. The van der Waals surface area contributed by atoms with E-state index in [0.29, 0.717) is 5.56 Å². The molecule has 0 aliphatic rings. The fraction of sp³-hybridized carbons (Fsp3) is 0.167. The van der Waals surface area contributed by atoms with E-state index in [-0.39, 0.29) is 5.78 Å². The van der Waals surface area contributed by atoms with Crippen LogP contribution in [-0.4, -0.2) is 10.8 Å². The van der Waals surface area contributed by atoms with Crippen molar-refractivity contribution in [1.82, 2.24) is 4.98 Å². The number of carbonyl (C=O) groups is 1. The number of nitrogens with zero attached hydrogens (tertiary/aromatic N) is 1. The van der Waals surface area contributed by atoms with E-state index in [1.54, 1.807) is 0 Å². The molecular formula is C12H10BrNOS. The van der Waals surface area contributed by atoms with Crippen LogP contribution in [0.15, 0.2) is 28.1 Å². The highest BCUT2D eigenvalue weighted by molar-refractivity contribution is 9.10. The smallest absolute Gasteiger partial charge is 0.204 e. The largest absolute Gasteiger partial charge is 0.288 e. The van der Waals surface area contributed by atoms with Gasteiger partial charge < -0.3 is 0 Å². The maximum absolute atomic E-state index is 12.2.